The van der Waals surface area contributed by atoms with E-state index in [1.165, 1.54) is 12.1 Å². The normalized spacial score (nSPS) is 10.9. The van der Waals surface area contributed by atoms with Crippen molar-refractivity contribution in [2.75, 3.05) is 26.7 Å². The van der Waals surface area contributed by atoms with E-state index in [0.717, 1.165) is 32.0 Å². The minimum atomic E-state index is -0.433. The Morgan fingerprint density at radius 1 is 1.32 bits per heavy atom. The first kappa shape index (κ1) is 15.7. The van der Waals surface area contributed by atoms with Gasteiger partial charge < -0.3 is 10.0 Å². The molecule has 0 aliphatic carbocycles. The summed E-state index contributed by atoms with van der Waals surface area (Å²) < 4.78 is 12.7. The highest BCUT2D eigenvalue weighted by molar-refractivity contribution is 5.94. The maximum Gasteiger partial charge on any atom is 0.182 e. The molecule has 19 heavy (non-hydrogen) atoms. The maximum atomic E-state index is 12.7. The Labute approximate surface area is 113 Å². The number of ketones is 1. The molecule has 0 bridgehead atoms. The van der Waals surface area contributed by atoms with Gasteiger partial charge in [-0.15, -0.1) is 0 Å². The number of unbranched alkanes of at least 4 members (excludes halogenated alkanes) is 2. The summed E-state index contributed by atoms with van der Waals surface area (Å²) in [6.45, 7) is 1.81. The Morgan fingerprint density at radius 2 is 2.11 bits per heavy atom. The fourth-order valence-electron chi connectivity index (χ4n) is 1.74. The number of rotatable bonds is 9. The number of carbonyl (C=O) groups excluding carboxylic acids is 1. The number of carbonyl (C=O) groups is 1. The zero-order valence-electron chi connectivity index (χ0n) is 11.3. The fourth-order valence-corrected chi connectivity index (χ4v) is 1.74. The van der Waals surface area contributed by atoms with Crippen LogP contribution in [-0.4, -0.2) is 47.5 Å². The predicted molar refractivity (Wildman–Crippen MR) is 71.6 cm³/mol. The van der Waals surface area contributed by atoms with E-state index in [-0.39, 0.29) is 12.4 Å². The highest BCUT2D eigenvalue weighted by Crippen LogP contribution is 2.03. The van der Waals surface area contributed by atoms with Crippen molar-refractivity contribution in [3.63, 3.8) is 0 Å². The summed E-state index contributed by atoms with van der Waals surface area (Å²) in [5.41, 5.74) is 0.315. The van der Waals surface area contributed by atoms with Crippen molar-refractivity contribution in [2.45, 2.75) is 25.7 Å². The van der Waals surface area contributed by atoms with Crippen molar-refractivity contribution >= 4 is 5.78 Å². The number of nitrogens with zero attached hydrogens (tertiary/aromatic N) is 2. The summed E-state index contributed by atoms with van der Waals surface area (Å²) in [7, 11) is 1.96. The molecule has 0 fully saturated rings. The predicted octanol–water partition coefficient (Wildman–Crippen LogP) is 1.89. The molecule has 0 atom stereocenters. The molecule has 1 rings (SSSR count). The maximum absolute atomic E-state index is 12.7. The van der Waals surface area contributed by atoms with Gasteiger partial charge in [-0.2, -0.15) is 0 Å². The number of Topliss-reactive ketones (excluding diaryl/α,β-unsaturated/α-hetero) is 1. The number of aliphatic hydroxyl groups is 1. The van der Waals surface area contributed by atoms with Crippen LogP contribution in [-0.2, 0) is 0 Å². The molecule has 1 N–H and O–H groups in total. The average Bonchev–Trinajstić information content (AvgIpc) is 2.42. The Balaban J connectivity index is 2.24. The van der Waals surface area contributed by atoms with Gasteiger partial charge in [0.15, 0.2) is 5.78 Å². The van der Waals surface area contributed by atoms with Crippen LogP contribution in [0.4, 0.5) is 4.39 Å². The largest absolute Gasteiger partial charge is 0.396 e. The number of aromatic nitrogens is 1. The Kier molecular flexibility index (Phi) is 7.22. The zero-order chi connectivity index (χ0) is 14.1. The van der Waals surface area contributed by atoms with Gasteiger partial charge in [-0.25, -0.2) is 4.39 Å². The van der Waals surface area contributed by atoms with Crippen LogP contribution in [0.15, 0.2) is 18.3 Å². The first-order valence-corrected chi connectivity index (χ1v) is 6.57. The third-order valence-electron chi connectivity index (χ3n) is 2.93. The summed E-state index contributed by atoms with van der Waals surface area (Å²) in [5.74, 6) is -0.500. The summed E-state index contributed by atoms with van der Waals surface area (Å²) in [6.07, 6.45) is 4.28. The number of aliphatic hydroxyl groups excluding tert-OH is 1. The summed E-state index contributed by atoms with van der Waals surface area (Å²) >= 11 is 0. The molecule has 0 aromatic carbocycles. The van der Waals surface area contributed by atoms with Crippen LogP contribution >= 0.6 is 0 Å². The van der Waals surface area contributed by atoms with E-state index in [9.17, 15) is 9.18 Å². The molecule has 0 amide bonds. The van der Waals surface area contributed by atoms with Gasteiger partial charge in [-0.1, -0.05) is 0 Å². The summed E-state index contributed by atoms with van der Waals surface area (Å²) in [4.78, 5) is 17.6. The van der Waals surface area contributed by atoms with Crippen molar-refractivity contribution in [1.82, 2.24) is 9.88 Å². The monoisotopic (exact) mass is 268 g/mol. The van der Waals surface area contributed by atoms with Crippen LogP contribution in [0, 0.1) is 5.82 Å². The topological polar surface area (TPSA) is 53.4 Å². The van der Waals surface area contributed by atoms with E-state index in [1.807, 2.05) is 7.05 Å². The molecule has 0 saturated carbocycles. The number of hydrogen-bond donors (Lipinski definition) is 1. The van der Waals surface area contributed by atoms with Gasteiger partial charge in [0.05, 0.1) is 6.20 Å². The molecule has 0 unspecified atom stereocenters. The minimum Gasteiger partial charge on any atom is -0.396 e. The minimum absolute atomic E-state index is 0.0674. The molecule has 0 radical (unpaired) electrons. The van der Waals surface area contributed by atoms with Crippen LogP contribution in [0.3, 0.4) is 0 Å². The average molecular weight is 268 g/mol. The number of halogens is 1. The lowest BCUT2D eigenvalue weighted by molar-refractivity contribution is 0.0964. The lowest BCUT2D eigenvalue weighted by atomic mass is 10.2. The van der Waals surface area contributed by atoms with Gasteiger partial charge in [-0.3, -0.25) is 9.78 Å². The number of pyridine rings is 1. The molecule has 5 heteroatoms. The molecule has 0 saturated heterocycles. The van der Waals surface area contributed by atoms with Crippen LogP contribution in [0.1, 0.15) is 36.2 Å². The SMILES string of the molecule is CN(CCCCCO)CCC(=O)c1ccc(F)cn1. The van der Waals surface area contributed by atoms with E-state index in [0.29, 0.717) is 18.7 Å². The van der Waals surface area contributed by atoms with E-state index in [2.05, 4.69) is 9.88 Å². The Bertz CT molecular complexity index is 382. The van der Waals surface area contributed by atoms with Gasteiger partial charge in [0.25, 0.3) is 0 Å². The van der Waals surface area contributed by atoms with Gasteiger partial charge in [0.2, 0.25) is 0 Å². The van der Waals surface area contributed by atoms with E-state index in [1.54, 1.807) is 0 Å². The van der Waals surface area contributed by atoms with Crippen molar-refractivity contribution in [3.05, 3.63) is 29.8 Å². The van der Waals surface area contributed by atoms with E-state index in [4.69, 9.17) is 5.11 Å². The van der Waals surface area contributed by atoms with E-state index >= 15 is 0 Å². The van der Waals surface area contributed by atoms with Gasteiger partial charge in [-0.05, 0) is 45.0 Å². The summed E-state index contributed by atoms with van der Waals surface area (Å²) in [5, 5.41) is 8.66. The molecule has 0 aliphatic heterocycles. The standard InChI is InChI=1S/C14H21FN2O2/c1-17(8-3-2-4-10-18)9-7-14(19)13-6-5-12(15)11-16-13/h5-6,11,18H,2-4,7-10H2,1H3. The molecular formula is C14H21FN2O2. The van der Waals surface area contributed by atoms with E-state index < -0.39 is 5.82 Å². The van der Waals surface area contributed by atoms with Crippen molar-refractivity contribution in [1.29, 1.82) is 0 Å². The quantitative estimate of drug-likeness (QED) is 0.549. The van der Waals surface area contributed by atoms with Crippen molar-refractivity contribution in [3.8, 4) is 0 Å². The molecular weight excluding hydrogens is 247 g/mol. The molecule has 0 aliphatic rings. The van der Waals surface area contributed by atoms with Crippen molar-refractivity contribution in [2.24, 2.45) is 0 Å². The van der Waals surface area contributed by atoms with Crippen molar-refractivity contribution < 1.29 is 14.3 Å². The molecule has 106 valence electrons. The smallest absolute Gasteiger partial charge is 0.182 e. The first-order valence-electron chi connectivity index (χ1n) is 6.57. The van der Waals surface area contributed by atoms with Crippen LogP contribution in [0.2, 0.25) is 0 Å². The second kappa shape index (κ2) is 8.72. The van der Waals surface area contributed by atoms with Crippen LogP contribution in [0.5, 0.6) is 0 Å². The highest BCUT2D eigenvalue weighted by Gasteiger charge is 2.08. The van der Waals surface area contributed by atoms with Gasteiger partial charge in [0.1, 0.15) is 11.5 Å². The Morgan fingerprint density at radius 3 is 2.74 bits per heavy atom. The summed E-state index contributed by atoms with van der Waals surface area (Å²) in [6, 6.07) is 2.66. The third-order valence-corrected chi connectivity index (χ3v) is 2.93. The Hall–Kier alpha value is -1.33. The van der Waals surface area contributed by atoms with Crippen LogP contribution in [0.25, 0.3) is 0 Å². The molecule has 1 heterocycles. The van der Waals surface area contributed by atoms with Gasteiger partial charge in [0, 0.05) is 19.6 Å². The highest BCUT2D eigenvalue weighted by atomic mass is 19.1. The molecule has 4 nitrogen and oxygen atoms in total. The van der Waals surface area contributed by atoms with Gasteiger partial charge >= 0.3 is 0 Å². The first-order chi connectivity index (χ1) is 9.13. The fraction of sp³-hybridized carbons (Fsp3) is 0.571. The molecule has 1 aromatic rings. The second-order valence-corrected chi connectivity index (χ2v) is 4.62. The lowest BCUT2D eigenvalue weighted by Crippen LogP contribution is -2.23. The second-order valence-electron chi connectivity index (χ2n) is 4.62. The molecule has 0 spiro atoms. The molecule has 1 aromatic heterocycles. The third kappa shape index (κ3) is 6.40. The zero-order valence-corrected chi connectivity index (χ0v) is 11.3. The number of hydrogen-bond acceptors (Lipinski definition) is 4. The lowest BCUT2D eigenvalue weighted by Gasteiger charge is -2.15. The van der Waals surface area contributed by atoms with Crippen LogP contribution < -0.4 is 0 Å².